The Balaban J connectivity index is 1.41. The number of anilines is 1. The molecule has 0 saturated carbocycles. The van der Waals surface area contributed by atoms with Gasteiger partial charge >= 0.3 is 0 Å². The molecular weight excluding hydrogens is 410 g/mol. The van der Waals surface area contributed by atoms with E-state index in [1.54, 1.807) is 23.1 Å². The van der Waals surface area contributed by atoms with Crippen molar-refractivity contribution in [2.45, 2.75) is 4.90 Å². The predicted molar refractivity (Wildman–Crippen MR) is 112 cm³/mol. The van der Waals surface area contributed by atoms with Gasteiger partial charge in [0.1, 0.15) is 15.9 Å². The van der Waals surface area contributed by atoms with E-state index < -0.39 is 10.0 Å². The van der Waals surface area contributed by atoms with Crippen LogP contribution in [0.4, 0.5) is 5.69 Å². The number of aromatic nitrogens is 2. The van der Waals surface area contributed by atoms with Crippen molar-refractivity contribution >= 4 is 44.4 Å². The monoisotopic (exact) mass is 431 g/mol. The highest BCUT2D eigenvalue weighted by Crippen LogP contribution is 2.25. The van der Waals surface area contributed by atoms with Crippen molar-refractivity contribution in [3.05, 3.63) is 48.5 Å². The predicted octanol–water partition coefficient (Wildman–Crippen LogP) is 1.66. The van der Waals surface area contributed by atoms with Crippen LogP contribution in [-0.4, -0.2) is 72.0 Å². The van der Waals surface area contributed by atoms with E-state index in [1.807, 2.05) is 42.3 Å². The lowest BCUT2D eigenvalue weighted by Gasteiger charge is -2.35. The maximum atomic E-state index is 13.1. The fraction of sp³-hybridized carbons (Fsp3) is 0.316. The molecule has 4 rings (SSSR count). The van der Waals surface area contributed by atoms with Crippen LogP contribution in [0.25, 0.3) is 11.0 Å². The van der Waals surface area contributed by atoms with Crippen molar-refractivity contribution in [3.8, 4) is 0 Å². The first-order chi connectivity index (χ1) is 14.0. The van der Waals surface area contributed by atoms with Crippen LogP contribution in [0, 0.1) is 0 Å². The Labute approximate surface area is 173 Å². The zero-order valence-electron chi connectivity index (χ0n) is 15.9. The number of fused-ring (bicyclic) bond motifs is 1. The second kappa shape index (κ2) is 8.05. The van der Waals surface area contributed by atoms with Gasteiger partial charge in [0.25, 0.3) is 0 Å². The Hall–Kier alpha value is -2.56. The number of sulfonamides is 1. The fourth-order valence-electron chi connectivity index (χ4n) is 3.38. The van der Waals surface area contributed by atoms with Gasteiger partial charge in [-0.2, -0.15) is 13.1 Å². The van der Waals surface area contributed by atoms with Crippen LogP contribution in [0.2, 0.25) is 0 Å². The van der Waals surface area contributed by atoms with Crippen LogP contribution in [0.15, 0.2) is 53.4 Å². The number of carbonyl (C=O) groups excluding carboxylic acids is 1. The highest BCUT2D eigenvalue weighted by atomic mass is 32.2. The molecule has 0 spiro atoms. The number of nitrogens with zero attached hydrogens (tertiary/aromatic N) is 5. The maximum absolute atomic E-state index is 13.1. The van der Waals surface area contributed by atoms with Gasteiger partial charge in [0.05, 0.1) is 18.3 Å². The average Bonchev–Trinajstić information content (AvgIpc) is 3.23. The van der Waals surface area contributed by atoms with E-state index in [0.717, 1.165) is 17.4 Å². The topological polar surface area (TPSA) is 86.7 Å². The molecule has 1 aliphatic heterocycles. The fourth-order valence-corrected chi connectivity index (χ4v) is 5.56. The van der Waals surface area contributed by atoms with Crippen LogP contribution in [-0.2, 0) is 14.8 Å². The van der Waals surface area contributed by atoms with Gasteiger partial charge in [0.15, 0.2) is 0 Å². The van der Waals surface area contributed by atoms with E-state index in [2.05, 4.69) is 8.75 Å². The lowest BCUT2D eigenvalue weighted by Crippen LogP contribution is -2.52. The molecular formula is C19H21N5O3S2. The number of piperazine rings is 1. The van der Waals surface area contributed by atoms with Crippen molar-refractivity contribution in [3.63, 3.8) is 0 Å². The van der Waals surface area contributed by atoms with Crippen LogP contribution >= 0.6 is 11.7 Å². The molecule has 8 nitrogen and oxygen atoms in total. The number of para-hydroxylation sites is 1. The van der Waals surface area contributed by atoms with Crippen LogP contribution in [0.3, 0.4) is 0 Å². The smallest absolute Gasteiger partial charge is 0.245 e. The van der Waals surface area contributed by atoms with E-state index in [4.69, 9.17) is 0 Å². The zero-order valence-corrected chi connectivity index (χ0v) is 17.6. The summed E-state index contributed by atoms with van der Waals surface area (Å²) >= 11 is 0.997. The maximum Gasteiger partial charge on any atom is 0.245 e. The minimum Gasteiger partial charge on any atom is -0.365 e. The summed E-state index contributed by atoms with van der Waals surface area (Å²) in [5, 5.41) is 0. The molecule has 1 aromatic heterocycles. The standard InChI is InChI=1S/C19H21N5O3S2/c1-22(15-6-3-2-4-7-15)14-18(25)23-10-12-24(13-11-23)29(26,27)17-9-5-8-16-19(17)21-28-20-16/h2-9H,10-14H2,1H3. The van der Waals surface area contributed by atoms with E-state index in [9.17, 15) is 13.2 Å². The lowest BCUT2D eigenvalue weighted by atomic mass is 10.3. The highest BCUT2D eigenvalue weighted by Gasteiger charge is 2.32. The number of benzene rings is 2. The van der Waals surface area contributed by atoms with Crippen LogP contribution in [0.1, 0.15) is 0 Å². The molecule has 152 valence electrons. The first kappa shape index (κ1) is 19.7. The number of amides is 1. The summed E-state index contributed by atoms with van der Waals surface area (Å²) in [6.45, 7) is 1.51. The van der Waals surface area contributed by atoms with E-state index in [1.165, 1.54) is 4.31 Å². The van der Waals surface area contributed by atoms with Gasteiger partial charge < -0.3 is 9.80 Å². The molecule has 0 bridgehead atoms. The summed E-state index contributed by atoms with van der Waals surface area (Å²) in [7, 11) is -1.81. The molecule has 1 saturated heterocycles. The molecule has 1 amide bonds. The minimum atomic E-state index is -3.68. The Morgan fingerprint density at radius 2 is 1.76 bits per heavy atom. The Morgan fingerprint density at radius 3 is 2.48 bits per heavy atom. The molecule has 10 heteroatoms. The first-order valence-electron chi connectivity index (χ1n) is 9.22. The summed E-state index contributed by atoms with van der Waals surface area (Å²) in [4.78, 5) is 16.4. The van der Waals surface area contributed by atoms with Crippen LogP contribution in [0.5, 0.6) is 0 Å². The van der Waals surface area contributed by atoms with E-state index >= 15 is 0 Å². The van der Waals surface area contributed by atoms with Gasteiger partial charge in [-0.05, 0) is 24.3 Å². The van der Waals surface area contributed by atoms with Gasteiger partial charge in [-0.15, -0.1) is 0 Å². The molecule has 0 radical (unpaired) electrons. The third-order valence-electron chi connectivity index (χ3n) is 5.03. The first-order valence-corrected chi connectivity index (χ1v) is 11.4. The highest BCUT2D eigenvalue weighted by molar-refractivity contribution is 7.89. The third kappa shape index (κ3) is 3.96. The molecule has 0 atom stereocenters. The van der Waals surface area contributed by atoms with Crippen molar-refractivity contribution < 1.29 is 13.2 Å². The van der Waals surface area contributed by atoms with Crippen molar-refractivity contribution in [2.75, 3.05) is 44.7 Å². The zero-order chi connectivity index (χ0) is 20.4. The molecule has 0 aliphatic carbocycles. The van der Waals surface area contributed by atoms with Gasteiger partial charge in [0.2, 0.25) is 15.9 Å². The van der Waals surface area contributed by atoms with Crippen molar-refractivity contribution in [2.24, 2.45) is 0 Å². The second-order valence-corrected chi connectivity index (χ2v) is 9.30. The molecule has 0 unspecified atom stereocenters. The Kier molecular flexibility index (Phi) is 5.48. The molecule has 3 aromatic rings. The lowest BCUT2D eigenvalue weighted by molar-refractivity contribution is -0.130. The number of hydrogen-bond acceptors (Lipinski definition) is 7. The summed E-state index contributed by atoms with van der Waals surface area (Å²) < 4.78 is 35.9. The summed E-state index contributed by atoms with van der Waals surface area (Å²) in [5.74, 6) is -0.0146. The molecule has 29 heavy (non-hydrogen) atoms. The van der Waals surface area contributed by atoms with E-state index in [0.29, 0.717) is 24.1 Å². The number of hydrogen-bond donors (Lipinski definition) is 0. The van der Waals surface area contributed by atoms with Gasteiger partial charge in [-0.1, -0.05) is 24.3 Å². The summed E-state index contributed by atoms with van der Waals surface area (Å²) in [6, 6.07) is 14.7. The molecule has 1 aliphatic rings. The van der Waals surface area contributed by atoms with Crippen molar-refractivity contribution in [1.82, 2.24) is 18.0 Å². The molecule has 0 N–H and O–H groups in total. The van der Waals surface area contributed by atoms with Gasteiger partial charge in [0, 0.05) is 38.9 Å². The van der Waals surface area contributed by atoms with Gasteiger partial charge in [-0.3, -0.25) is 4.79 Å². The average molecular weight is 432 g/mol. The number of carbonyl (C=O) groups is 1. The Morgan fingerprint density at radius 1 is 1.03 bits per heavy atom. The summed E-state index contributed by atoms with van der Waals surface area (Å²) in [5.41, 5.74) is 1.95. The van der Waals surface area contributed by atoms with Crippen LogP contribution < -0.4 is 4.90 Å². The minimum absolute atomic E-state index is 0.0146. The third-order valence-corrected chi connectivity index (χ3v) is 7.50. The molecule has 1 fully saturated rings. The summed E-state index contributed by atoms with van der Waals surface area (Å²) in [6.07, 6.45) is 0. The normalized spacial score (nSPS) is 15.6. The largest absolute Gasteiger partial charge is 0.365 e. The second-order valence-electron chi connectivity index (χ2n) is 6.86. The number of likely N-dealkylation sites (N-methyl/N-ethyl adjacent to an activating group) is 1. The number of rotatable bonds is 5. The quantitative estimate of drug-likeness (QED) is 0.611. The molecule has 2 aromatic carbocycles. The SMILES string of the molecule is CN(CC(=O)N1CCN(S(=O)(=O)c2cccc3nsnc23)CC1)c1ccccc1. The van der Waals surface area contributed by atoms with E-state index in [-0.39, 0.29) is 30.4 Å². The Bertz CT molecular complexity index is 1110. The van der Waals surface area contributed by atoms with Gasteiger partial charge in [-0.25, -0.2) is 8.42 Å². The molecule has 2 heterocycles. The van der Waals surface area contributed by atoms with Crippen molar-refractivity contribution in [1.29, 1.82) is 0 Å².